The van der Waals surface area contributed by atoms with E-state index in [2.05, 4.69) is 10.3 Å². The van der Waals surface area contributed by atoms with Crippen molar-refractivity contribution in [1.82, 2.24) is 9.55 Å². The number of alkyl halides is 3. The van der Waals surface area contributed by atoms with Crippen LogP contribution in [0.15, 0.2) is 78.1 Å². The molecule has 2 aromatic heterocycles. The van der Waals surface area contributed by atoms with Crippen LogP contribution < -0.4 is 5.32 Å². The maximum absolute atomic E-state index is 14.2. The van der Waals surface area contributed by atoms with Crippen LogP contribution >= 0.6 is 11.8 Å². The van der Waals surface area contributed by atoms with Gasteiger partial charge < -0.3 is 9.88 Å². The number of benzene rings is 2. The summed E-state index contributed by atoms with van der Waals surface area (Å²) in [6, 6.07) is 12.9. The number of hydrogen-bond acceptors (Lipinski definition) is 3. The quantitative estimate of drug-likeness (QED) is 0.245. The van der Waals surface area contributed by atoms with E-state index in [9.17, 15) is 22.4 Å². The van der Waals surface area contributed by atoms with Gasteiger partial charge in [-0.25, -0.2) is 4.39 Å². The average Bonchev–Trinajstić information content (AvgIpc) is 3.16. The van der Waals surface area contributed by atoms with Gasteiger partial charge in [-0.1, -0.05) is 18.2 Å². The highest BCUT2D eigenvalue weighted by molar-refractivity contribution is 7.98. The first-order chi connectivity index (χ1) is 16.2. The van der Waals surface area contributed by atoms with E-state index in [-0.39, 0.29) is 22.5 Å². The van der Waals surface area contributed by atoms with Crippen LogP contribution in [0.2, 0.25) is 0 Å². The van der Waals surface area contributed by atoms with Crippen LogP contribution in [0.5, 0.6) is 0 Å². The first-order valence-corrected chi connectivity index (χ1v) is 11.4. The number of pyridine rings is 1. The molecule has 2 heterocycles. The predicted octanol–water partition coefficient (Wildman–Crippen LogP) is 6.98. The van der Waals surface area contributed by atoms with Crippen molar-refractivity contribution in [3.63, 3.8) is 0 Å². The van der Waals surface area contributed by atoms with Crippen molar-refractivity contribution in [1.29, 1.82) is 0 Å². The molecule has 4 nitrogen and oxygen atoms in total. The third-order valence-electron chi connectivity index (χ3n) is 5.32. The highest BCUT2D eigenvalue weighted by atomic mass is 32.2. The summed E-state index contributed by atoms with van der Waals surface area (Å²) in [6.07, 6.45) is 1.66. The Morgan fingerprint density at radius 2 is 1.85 bits per heavy atom. The molecule has 0 aliphatic heterocycles. The number of rotatable bonds is 5. The Labute approximate surface area is 197 Å². The molecule has 0 unspecified atom stereocenters. The smallest absolute Gasteiger partial charge is 0.322 e. The van der Waals surface area contributed by atoms with E-state index >= 15 is 0 Å². The van der Waals surface area contributed by atoms with E-state index in [1.165, 1.54) is 53.0 Å². The third-order valence-corrected chi connectivity index (χ3v) is 6.10. The van der Waals surface area contributed by atoms with Gasteiger partial charge in [-0.3, -0.25) is 9.78 Å². The monoisotopic (exact) mass is 485 g/mol. The van der Waals surface area contributed by atoms with Crippen LogP contribution in [0.25, 0.3) is 16.9 Å². The molecule has 0 aliphatic carbocycles. The first kappa shape index (κ1) is 23.6. The summed E-state index contributed by atoms with van der Waals surface area (Å²) in [4.78, 5) is 17.6. The second-order valence-corrected chi connectivity index (χ2v) is 8.29. The van der Waals surface area contributed by atoms with Crippen molar-refractivity contribution < 1.29 is 22.4 Å². The van der Waals surface area contributed by atoms with Crippen LogP contribution in [0.1, 0.15) is 21.5 Å². The van der Waals surface area contributed by atoms with Crippen molar-refractivity contribution in [2.75, 3.05) is 11.6 Å². The van der Waals surface area contributed by atoms with Crippen molar-refractivity contribution in [2.45, 2.75) is 18.0 Å². The van der Waals surface area contributed by atoms with Gasteiger partial charge in [0.2, 0.25) is 0 Å². The van der Waals surface area contributed by atoms with Crippen LogP contribution in [0, 0.1) is 12.7 Å². The van der Waals surface area contributed by atoms with Gasteiger partial charge in [0, 0.05) is 28.5 Å². The van der Waals surface area contributed by atoms with E-state index < -0.39 is 23.5 Å². The van der Waals surface area contributed by atoms with Crippen molar-refractivity contribution in [3.8, 4) is 16.9 Å². The first-order valence-electron chi connectivity index (χ1n) is 10.1. The van der Waals surface area contributed by atoms with Gasteiger partial charge in [-0.2, -0.15) is 13.2 Å². The Balaban J connectivity index is 1.85. The molecule has 0 saturated heterocycles. The van der Waals surface area contributed by atoms with Gasteiger partial charge in [0.25, 0.3) is 5.91 Å². The summed E-state index contributed by atoms with van der Waals surface area (Å²) in [5, 5.41) is 2.64. The molecule has 0 bridgehead atoms. The number of carbonyl (C=O) groups is 1. The molecule has 0 atom stereocenters. The highest BCUT2D eigenvalue weighted by Gasteiger charge is 2.35. The van der Waals surface area contributed by atoms with Gasteiger partial charge in [-0.05, 0) is 55.1 Å². The summed E-state index contributed by atoms with van der Waals surface area (Å²) in [7, 11) is 0. The summed E-state index contributed by atoms with van der Waals surface area (Å²) < 4.78 is 57.1. The van der Waals surface area contributed by atoms with Gasteiger partial charge in [-0.15, -0.1) is 11.8 Å². The van der Waals surface area contributed by atoms with Gasteiger partial charge >= 0.3 is 6.18 Å². The maximum atomic E-state index is 14.2. The molecule has 0 fully saturated rings. The van der Waals surface area contributed by atoms with Crippen LogP contribution in [0.3, 0.4) is 0 Å². The molecule has 174 valence electrons. The molecule has 0 aliphatic rings. The SMILES string of the molecule is CSc1ccc(NC(=O)c2cn(-c3cccnc3)c(-c3ccccc3C(F)(F)F)c2C)cc1F. The molecule has 0 radical (unpaired) electrons. The maximum Gasteiger partial charge on any atom is 0.417 e. The Hall–Kier alpha value is -3.59. The summed E-state index contributed by atoms with van der Waals surface area (Å²) in [6.45, 7) is 1.58. The number of nitrogens with zero attached hydrogens (tertiary/aromatic N) is 2. The fourth-order valence-electron chi connectivity index (χ4n) is 3.74. The lowest BCUT2D eigenvalue weighted by atomic mass is 10.00. The molecular formula is C25H19F4N3OS. The van der Waals surface area contributed by atoms with Crippen molar-refractivity contribution in [2.24, 2.45) is 0 Å². The van der Waals surface area contributed by atoms with E-state index in [0.29, 0.717) is 16.1 Å². The molecular weight excluding hydrogens is 466 g/mol. The molecule has 1 N–H and O–H groups in total. The zero-order valence-electron chi connectivity index (χ0n) is 18.2. The van der Waals surface area contributed by atoms with Gasteiger partial charge in [0.05, 0.1) is 28.7 Å². The fourth-order valence-corrected chi connectivity index (χ4v) is 4.20. The molecule has 4 aromatic rings. The molecule has 1 amide bonds. The minimum Gasteiger partial charge on any atom is -0.322 e. The molecule has 2 aromatic carbocycles. The lowest BCUT2D eigenvalue weighted by Crippen LogP contribution is -2.12. The summed E-state index contributed by atoms with van der Waals surface area (Å²) >= 11 is 1.24. The normalized spacial score (nSPS) is 11.5. The number of amides is 1. The Morgan fingerprint density at radius 3 is 2.50 bits per heavy atom. The Bertz CT molecular complexity index is 1350. The minimum atomic E-state index is -4.59. The molecule has 9 heteroatoms. The second-order valence-electron chi connectivity index (χ2n) is 7.44. The van der Waals surface area contributed by atoms with E-state index in [1.807, 2.05) is 0 Å². The lowest BCUT2D eigenvalue weighted by molar-refractivity contribution is -0.137. The van der Waals surface area contributed by atoms with Gasteiger partial charge in [0.1, 0.15) is 5.82 Å². The van der Waals surface area contributed by atoms with Gasteiger partial charge in [0.15, 0.2) is 0 Å². The Morgan fingerprint density at radius 1 is 1.09 bits per heavy atom. The van der Waals surface area contributed by atoms with Crippen molar-refractivity contribution >= 4 is 23.4 Å². The highest BCUT2D eigenvalue weighted by Crippen LogP contribution is 2.40. The Kier molecular flexibility index (Phi) is 6.47. The lowest BCUT2D eigenvalue weighted by Gasteiger charge is -2.16. The van der Waals surface area contributed by atoms with Crippen LogP contribution in [-0.2, 0) is 6.18 Å². The average molecular weight is 486 g/mol. The number of carbonyl (C=O) groups excluding carboxylic acids is 1. The predicted molar refractivity (Wildman–Crippen MR) is 125 cm³/mol. The number of hydrogen-bond donors (Lipinski definition) is 1. The summed E-state index contributed by atoms with van der Waals surface area (Å²) in [5.74, 6) is -1.04. The number of thioether (sulfide) groups is 1. The standard InChI is InChI=1S/C25H19F4N3OS/c1-15-19(24(33)31-16-9-10-22(34-2)21(26)12-16)14-32(17-6-5-11-30-13-17)23(15)18-7-3-4-8-20(18)25(27,28)29/h3-14H,1-2H3,(H,31,33). The molecule has 34 heavy (non-hydrogen) atoms. The van der Waals surface area contributed by atoms with Crippen LogP contribution in [-0.4, -0.2) is 21.7 Å². The number of anilines is 1. The molecule has 0 spiro atoms. The van der Waals surface area contributed by atoms with Crippen molar-refractivity contribution in [3.05, 3.63) is 95.7 Å². The minimum absolute atomic E-state index is 0.0641. The largest absolute Gasteiger partial charge is 0.417 e. The number of nitrogens with one attached hydrogen (secondary N) is 1. The van der Waals surface area contributed by atoms with E-state index in [4.69, 9.17) is 0 Å². The summed E-state index contributed by atoms with van der Waals surface area (Å²) in [5.41, 5.74) is 0.575. The molecule has 4 rings (SSSR count). The zero-order valence-corrected chi connectivity index (χ0v) is 19.0. The number of halogens is 4. The zero-order chi connectivity index (χ0) is 24.5. The van der Waals surface area contributed by atoms with Crippen LogP contribution in [0.4, 0.5) is 23.2 Å². The topological polar surface area (TPSA) is 46.9 Å². The fraction of sp³-hybridized carbons (Fsp3) is 0.120. The molecule has 0 saturated carbocycles. The van der Waals surface area contributed by atoms with E-state index in [1.54, 1.807) is 43.6 Å². The second kappa shape index (κ2) is 9.34. The number of aromatic nitrogens is 2. The third kappa shape index (κ3) is 4.56. The van der Waals surface area contributed by atoms with E-state index in [0.717, 1.165) is 6.07 Å².